The van der Waals surface area contributed by atoms with Gasteiger partial charge in [-0.15, -0.1) is 0 Å². The lowest BCUT2D eigenvalue weighted by molar-refractivity contribution is 0.468. The first-order valence-electron chi connectivity index (χ1n) is 8.49. The van der Waals surface area contributed by atoms with Crippen molar-refractivity contribution in [3.63, 3.8) is 0 Å². The van der Waals surface area contributed by atoms with Gasteiger partial charge in [0.15, 0.2) is 0 Å². The zero-order valence-electron chi connectivity index (χ0n) is 14.0. The fraction of sp³-hybridized carbons (Fsp3) is 0.684. The minimum Gasteiger partial charge on any atom is -0.310 e. The van der Waals surface area contributed by atoms with E-state index in [1.807, 2.05) is 0 Å². The summed E-state index contributed by atoms with van der Waals surface area (Å²) in [6.45, 7) is 10.0. The molecule has 0 saturated carbocycles. The second-order valence-corrected chi connectivity index (χ2v) is 6.13. The Morgan fingerprint density at radius 3 is 2.10 bits per heavy atom. The van der Waals surface area contributed by atoms with Crippen LogP contribution in [0.1, 0.15) is 81.5 Å². The molecule has 0 amide bonds. The SMILES string of the molecule is CCCCCCCC(NCCC)c1cc(C)cc(C)c1. The van der Waals surface area contributed by atoms with Gasteiger partial charge in [-0.1, -0.05) is 75.3 Å². The lowest BCUT2D eigenvalue weighted by Crippen LogP contribution is -2.22. The van der Waals surface area contributed by atoms with Crippen molar-refractivity contribution in [1.29, 1.82) is 0 Å². The molecule has 114 valence electrons. The molecule has 1 aromatic rings. The zero-order chi connectivity index (χ0) is 14.8. The third-order valence-corrected chi connectivity index (χ3v) is 3.88. The highest BCUT2D eigenvalue weighted by Gasteiger charge is 2.11. The Bertz CT molecular complexity index is 350. The maximum atomic E-state index is 3.73. The lowest BCUT2D eigenvalue weighted by Gasteiger charge is -2.20. The summed E-state index contributed by atoms with van der Waals surface area (Å²) >= 11 is 0. The first-order chi connectivity index (χ1) is 9.67. The Morgan fingerprint density at radius 1 is 0.850 bits per heavy atom. The van der Waals surface area contributed by atoms with Gasteiger partial charge in [0, 0.05) is 6.04 Å². The van der Waals surface area contributed by atoms with Crippen molar-refractivity contribution in [2.45, 2.75) is 78.7 Å². The minimum absolute atomic E-state index is 0.537. The summed E-state index contributed by atoms with van der Waals surface area (Å²) in [5.74, 6) is 0. The van der Waals surface area contributed by atoms with Crippen LogP contribution in [0, 0.1) is 13.8 Å². The van der Waals surface area contributed by atoms with Gasteiger partial charge in [0.2, 0.25) is 0 Å². The maximum absolute atomic E-state index is 3.73. The predicted molar refractivity (Wildman–Crippen MR) is 90.3 cm³/mol. The number of hydrogen-bond acceptors (Lipinski definition) is 1. The number of aryl methyl sites for hydroxylation is 2. The molecule has 1 atom stereocenters. The van der Waals surface area contributed by atoms with E-state index < -0.39 is 0 Å². The van der Waals surface area contributed by atoms with Crippen LogP contribution in [0.3, 0.4) is 0 Å². The van der Waals surface area contributed by atoms with E-state index in [-0.39, 0.29) is 0 Å². The van der Waals surface area contributed by atoms with Crippen LogP contribution in [-0.2, 0) is 0 Å². The summed E-state index contributed by atoms with van der Waals surface area (Å²) in [5, 5.41) is 3.73. The van der Waals surface area contributed by atoms with Crippen LogP contribution in [0.5, 0.6) is 0 Å². The van der Waals surface area contributed by atoms with Crippen LogP contribution in [0.2, 0.25) is 0 Å². The Kier molecular flexibility index (Phi) is 8.60. The van der Waals surface area contributed by atoms with Gasteiger partial charge in [0.05, 0.1) is 0 Å². The molecule has 0 radical (unpaired) electrons. The molecule has 1 rings (SSSR count). The largest absolute Gasteiger partial charge is 0.310 e. The number of rotatable bonds is 10. The maximum Gasteiger partial charge on any atom is 0.0320 e. The fourth-order valence-electron chi connectivity index (χ4n) is 2.87. The Labute approximate surface area is 126 Å². The van der Waals surface area contributed by atoms with E-state index in [4.69, 9.17) is 0 Å². The van der Waals surface area contributed by atoms with Gasteiger partial charge in [0.25, 0.3) is 0 Å². The summed E-state index contributed by atoms with van der Waals surface area (Å²) in [6, 6.07) is 7.51. The van der Waals surface area contributed by atoms with Gasteiger partial charge in [-0.25, -0.2) is 0 Å². The predicted octanol–water partition coefficient (Wildman–Crippen LogP) is 5.70. The lowest BCUT2D eigenvalue weighted by atomic mass is 9.96. The van der Waals surface area contributed by atoms with Gasteiger partial charge < -0.3 is 5.32 Å². The Balaban J connectivity index is 2.58. The van der Waals surface area contributed by atoms with E-state index in [2.05, 4.69) is 51.2 Å². The second-order valence-electron chi connectivity index (χ2n) is 6.13. The van der Waals surface area contributed by atoms with Crippen LogP contribution in [0.4, 0.5) is 0 Å². The highest BCUT2D eigenvalue weighted by Crippen LogP contribution is 2.22. The highest BCUT2D eigenvalue weighted by atomic mass is 14.9. The van der Waals surface area contributed by atoms with Crippen molar-refractivity contribution in [2.75, 3.05) is 6.54 Å². The van der Waals surface area contributed by atoms with Gasteiger partial charge in [-0.3, -0.25) is 0 Å². The van der Waals surface area contributed by atoms with Crippen molar-refractivity contribution in [3.8, 4) is 0 Å². The molecule has 0 fully saturated rings. The first kappa shape index (κ1) is 17.2. The molecular formula is C19H33N. The molecule has 0 spiro atoms. The molecule has 20 heavy (non-hydrogen) atoms. The van der Waals surface area contributed by atoms with Crippen LogP contribution in [-0.4, -0.2) is 6.54 Å². The van der Waals surface area contributed by atoms with Crippen LogP contribution in [0.15, 0.2) is 18.2 Å². The monoisotopic (exact) mass is 275 g/mol. The molecule has 0 bridgehead atoms. The van der Waals surface area contributed by atoms with Crippen molar-refractivity contribution >= 4 is 0 Å². The fourth-order valence-corrected chi connectivity index (χ4v) is 2.87. The highest BCUT2D eigenvalue weighted by molar-refractivity contribution is 5.30. The number of hydrogen-bond donors (Lipinski definition) is 1. The average Bonchev–Trinajstić information content (AvgIpc) is 2.40. The second kappa shape index (κ2) is 9.99. The topological polar surface area (TPSA) is 12.0 Å². The van der Waals surface area contributed by atoms with Crippen molar-refractivity contribution < 1.29 is 0 Å². The minimum atomic E-state index is 0.537. The Hall–Kier alpha value is -0.820. The summed E-state index contributed by atoms with van der Waals surface area (Å²) in [6.07, 6.45) is 9.30. The van der Waals surface area contributed by atoms with E-state index >= 15 is 0 Å². The first-order valence-corrected chi connectivity index (χ1v) is 8.49. The third kappa shape index (κ3) is 6.56. The molecule has 1 aromatic carbocycles. The molecular weight excluding hydrogens is 242 g/mol. The standard InChI is InChI=1S/C19H33N/c1-5-7-8-9-10-11-19(20-12-6-2)18-14-16(3)13-17(4)15-18/h13-15,19-20H,5-12H2,1-4H3. The van der Waals surface area contributed by atoms with E-state index in [9.17, 15) is 0 Å². The number of unbranched alkanes of at least 4 members (excludes halogenated alkanes) is 4. The van der Waals surface area contributed by atoms with Crippen LogP contribution >= 0.6 is 0 Å². The average molecular weight is 275 g/mol. The van der Waals surface area contributed by atoms with Crippen molar-refractivity contribution in [1.82, 2.24) is 5.32 Å². The molecule has 0 heterocycles. The molecule has 1 heteroatoms. The van der Waals surface area contributed by atoms with Gasteiger partial charge in [-0.2, -0.15) is 0 Å². The summed E-state index contributed by atoms with van der Waals surface area (Å²) in [4.78, 5) is 0. The molecule has 1 unspecified atom stereocenters. The van der Waals surface area contributed by atoms with E-state index in [0.29, 0.717) is 6.04 Å². The van der Waals surface area contributed by atoms with Gasteiger partial charge >= 0.3 is 0 Å². The van der Waals surface area contributed by atoms with Crippen LogP contribution < -0.4 is 5.32 Å². The quantitative estimate of drug-likeness (QED) is 0.540. The van der Waals surface area contributed by atoms with Crippen molar-refractivity contribution in [2.24, 2.45) is 0 Å². The smallest absolute Gasteiger partial charge is 0.0320 e. The van der Waals surface area contributed by atoms with Gasteiger partial charge in [-0.05, 0) is 38.8 Å². The molecule has 0 aromatic heterocycles. The summed E-state index contributed by atoms with van der Waals surface area (Å²) in [5.41, 5.74) is 4.25. The molecule has 0 aliphatic heterocycles. The Morgan fingerprint density at radius 2 is 1.50 bits per heavy atom. The van der Waals surface area contributed by atoms with E-state index in [0.717, 1.165) is 6.54 Å². The van der Waals surface area contributed by atoms with Crippen LogP contribution in [0.25, 0.3) is 0 Å². The normalized spacial score (nSPS) is 12.6. The zero-order valence-corrected chi connectivity index (χ0v) is 14.0. The third-order valence-electron chi connectivity index (χ3n) is 3.88. The molecule has 0 aliphatic carbocycles. The summed E-state index contributed by atoms with van der Waals surface area (Å²) in [7, 11) is 0. The molecule has 0 aliphatic rings. The van der Waals surface area contributed by atoms with Gasteiger partial charge in [0.1, 0.15) is 0 Å². The van der Waals surface area contributed by atoms with E-state index in [1.54, 1.807) is 0 Å². The number of nitrogens with one attached hydrogen (secondary N) is 1. The number of benzene rings is 1. The molecule has 0 saturated heterocycles. The van der Waals surface area contributed by atoms with Crippen molar-refractivity contribution in [3.05, 3.63) is 34.9 Å². The van der Waals surface area contributed by atoms with E-state index in [1.165, 1.54) is 61.6 Å². The summed E-state index contributed by atoms with van der Waals surface area (Å²) < 4.78 is 0. The molecule has 1 N–H and O–H groups in total. The molecule has 1 nitrogen and oxygen atoms in total.